The van der Waals surface area contributed by atoms with Gasteiger partial charge in [-0.1, -0.05) is 19.1 Å². The first-order chi connectivity index (χ1) is 13.7. The maximum atomic E-state index is 12.9. The Hall–Kier alpha value is -1.75. The normalized spacial score (nSPS) is 43.5. The van der Waals surface area contributed by atoms with Crippen LogP contribution in [0.1, 0.15) is 58.8 Å². The highest BCUT2D eigenvalue weighted by molar-refractivity contribution is 5.91. The zero-order chi connectivity index (χ0) is 21.0. The summed E-state index contributed by atoms with van der Waals surface area (Å²) >= 11 is 0. The van der Waals surface area contributed by atoms with Crippen molar-refractivity contribution in [2.24, 2.45) is 34.5 Å². The molecule has 7 atom stereocenters. The van der Waals surface area contributed by atoms with Crippen molar-refractivity contribution >= 4 is 17.9 Å². The van der Waals surface area contributed by atoms with E-state index in [2.05, 4.69) is 13.5 Å². The molecule has 0 radical (unpaired) electrons. The molecule has 0 amide bonds. The fourth-order valence-corrected chi connectivity index (χ4v) is 7.36. The van der Waals surface area contributed by atoms with Crippen LogP contribution in [0.4, 0.5) is 0 Å². The third-order valence-corrected chi connectivity index (χ3v) is 8.57. The zero-order valence-corrected chi connectivity index (χ0v) is 17.5. The Balaban J connectivity index is 1.65. The largest absolute Gasteiger partial charge is 0.491 e. The predicted octanol–water partition coefficient (Wildman–Crippen LogP) is 3.40. The molecule has 4 rings (SSSR count). The second kappa shape index (κ2) is 7.19. The number of carbonyl (C=O) groups is 3. The fraction of sp³-hybridized carbons (Fsp3) is 0.708. The van der Waals surface area contributed by atoms with E-state index in [0.717, 1.165) is 32.0 Å². The van der Waals surface area contributed by atoms with Gasteiger partial charge in [0, 0.05) is 17.8 Å². The van der Waals surface area contributed by atoms with Crippen LogP contribution in [0.5, 0.6) is 0 Å². The maximum absolute atomic E-state index is 12.9. The summed E-state index contributed by atoms with van der Waals surface area (Å²) in [6.45, 7) is 7.52. The monoisotopic (exact) mass is 400 g/mol. The molecule has 3 fully saturated rings. The number of rotatable bonds is 5. The number of aliphatic hydroxyl groups excluding tert-OH is 1. The van der Waals surface area contributed by atoms with Crippen LogP contribution < -0.4 is 0 Å². The Morgan fingerprint density at radius 2 is 2.10 bits per heavy atom. The lowest BCUT2D eigenvalue weighted by Gasteiger charge is -2.59. The van der Waals surface area contributed by atoms with Gasteiger partial charge in [0.05, 0.1) is 11.9 Å². The Morgan fingerprint density at radius 3 is 2.79 bits per heavy atom. The summed E-state index contributed by atoms with van der Waals surface area (Å²) in [6.07, 6.45) is 7.01. The molecule has 5 heteroatoms. The number of allylic oxidation sites excluding steroid dienone is 2. The third kappa shape index (κ3) is 3.04. The highest BCUT2D eigenvalue weighted by Crippen LogP contribution is 2.66. The number of Topliss-reactive ketones (excluding diaryl/α,β-unsaturated/α-hetero) is 1. The van der Waals surface area contributed by atoms with E-state index in [1.165, 1.54) is 5.57 Å². The second-order valence-corrected chi connectivity index (χ2v) is 9.98. The van der Waals surface area contributed by atoms with Gasteiger partial charge < -0.3 is 14.6 Å². The minimum absolute atomic E-state index is 0.0502. The number of carbonyl (C=O) groups excluding carboxylic acids is 3. The van der Waals surface area contributed by atoms with E-state index in [1.807, 2.05) is 6.08 Å². The second-order valence-electron chi connectivity index (χ2n) is 9.98. The first kappa shape index (κ1) is 20.5. The molecule has 0 heterocycles. The van der Waals surface area contributed by atoms with Crippen LogP contribution in [-0.4, -0.2) is 35.7 Å². The number of aldehydes is 1. The SMILES string of the molecule is C=C(C)OCC(=O)[C@H]1CC[C@H]2[C@@H]3CCC4=CC(=O)CC[C@]4(C)[C@H]3[C@@H](O)C[C@]12C=O. The number of hydrogen-bond acceptors (Lipinski definition) is 5. The standard InChI is InChI=1S/C24H32O5/c1-14(2)29-12-21(28)19-7-6-18-17-5-4-15-10-16(26)8-9-23(15,3)22(17)20(27)11-24(18,19)13-25/h10,13,17-20,22,27H,1,4-9,11-12H2,2-3H3/t17-,18-,19+,20-,22+,23-,24+/m0/s1. The van der Waals surface area contributed by atoms with Crippen LogP contribution >= 0.6 is 0 Å². The van der Waals surface area contributed by atoms with Crippen molar-refractivity contribution in [3.05, 3.63) is 24.0 Å². The lowest BCUT2D eigenvalue weighted by molar-refractivity contribution is -0.157. The topological polar surface area (TPSA) is 80.7 Å². The van der Waals surface area contributed by atoms with E-state index in [0.29, 0.717) is 25.0 Å². The quantitative estimate of drug-likeness (QED) is 0.565. The van der Waals surface area contributed by atoms with E-state index in [1.54, 1.807) is 6.92 Å². The molecule has 0 unspecified atom stereocenters. The smallest absolute Gasteiger partial charge is 0.174 e. The van der Waals surface area contributed by atoms with Crippen molar-refractivity contribution < 1.29 is 24.2 Å². The summed E-state index contributed by atoms with van der Waals surface area (Å²) in [5, 5.41) is 11.3. The van der Waals surface area contributed by atoms with Gasteiger partial charge in [-0.15, -0.1) is 0 Å². The molecular weight excluding hydrogens is 368 g/mol. The average Bonchev–Trinajstić information content (AvgIpc) is 3.06. The number of aliphatic hydroxyl groups is 1. The van der Waals surface area contributed by atoms with Crippen molar-refractivity contribution in [3.63, 3.8) is 0 Å². The molecule has 0 aromatic rings. The molecule has 0 spiro atoms. The Morgan fingerprint density at radius 1 is 1.34 bits per heavy atom. The Kier molecular flexibility index (Phi) is 5.09. The molecule has 1 N–H and O–H groups in total. The van der Waals surface area contributed by atoms with Crippen LogP contribution in [0, 0.1) is 34.5 Å². The number of ketones is 2. The summed E-state index contributed by atoms with van der Waals surface area (Å²) in [6, 6.07) is 0. The number of fused-ring (bicyclic) bond motifs is 5. The van der Waals surface area contributed by atoms with Crippen molar-refractivity contribution in [2.75, 3.05) is 6.61 Å². The van der Waals surface area contributed by atoms with Crippen LogP contribution in [0.15, 0.2) is 24.0 Å². The lowest BCUT2D eigenvalue weighted by Crippen LogP contribution is -2.58. The lowest BCUT2D eigenvalue weighted by atomic mass is 9.45. The zero-order valence-electron chi connectivity index (χ0n) is 17.5. The molecule has 0 bridgehead atoms. The molecule has 5 nitrogen and oxygen atoms in total. The van der Waals surface area contributed by atoms with Crippen molar-refractivity contribution in [3.8, 4) is 0 Å². The summed E-state index contributed by atoms with van der Waals surface area (Å²) in [5.41, 5.74) is 0.197. The minimum Gasteiger partial charge on any atom is -0.491 e. The van der Waals surface area contributed by atoms with E-state index in [4.69, 9.17) is 4.74 Å². The minimum atomic E-state index is -0.793. The van der Waals surface area contributed by atoms with Gasteiger partial charge in [-0.2, -0.15) is 0 Å². The van der Waals surface area contributed by atoms with Crippen LogP contribution in [0.2, 0.25) is 0 Å². The van der Waals surface area contributed by atoms with Crippen LogP contribution in [0.3, 0.4) is 0 Å². The van der Waals surface area contributed by atoms with E-state index < -0.39 is 17.4 Å². The molecule has 158 valence electrons. The van der Waals surface area contributed by atoms with Gasteiger partial charge in [-0.05, 0) is 74.7 Å². The van der Waals surface area contributed by atoms with E-state index >= 15 is 0 Å². The van der Waals surface area contributed by atoms with Gasteiger partial charge in [0.25, 0.3) is 0 Å². The van der Waals surface area contributed by atoms with Crippen LogP contribution in [0.25, 0.3) is 0 Å². The van der Waals surface area contributed by atoms with Gasteiger partial charge in [0.1, 0.15) is 12.9 Å². The number of hydrogen-bond donors (Lipinski definition) is 1. The maximum Gasteiger partial charge on any atom is 0.174 e. The van der Waals surface area contributed by atoms with E-state index in [-0.39, 0.29) is 41.3 Å². The highest BCUT2D eigenvalue weighted by Gasteiger charge is 2.64. The molecule has 0 aromatic carbocycles. The fourth-order valence-electron chi connectivity index (χ4n) is 7.36. The van der Waals surface area contributed by atoms with Gasteiger partial charge in [0.15, 0.2) is 11.6 Å². The van der Waals surface area contributed by atoms with Crippen molar-refractivity contribution in [2.45, 2.75) is 64.9 Å². The summed E-state index contributed by atoms with van der Waals surface area (Å²) < 4.78 is 5.35. The highest BCUT2D eigenvalue weighted by atomic mass is 16.5. The molecule has 4 aliphatic rings. The Bertz CT molecular complexity index is 782. The molecule has 0 aromatic heterocycles. The molecule has 29 heavy (non-hydrogen) atoms. The molecular formula is C24H32O5. The summed E-state index contributed by atoms with van der Waals surface area (Å²) in [4.78, 5) is 37.3. The van der Waals surface area contributed by atoms with E-state index in [9.17, 15) is 19.5 Å². The first-order valence-electron chi connectivity index (χ1n) is 10.9. The third-order valence-electron chi connectivity index (χ3n) is 8.57. The Labute approximate surface area is 172 Å². The van der Waals surface area contributed by atoms with Gasteiger partial charge in [0.2, 0.25) is 0 Å². The van der Waals surface area contributed by atoms with Gasteiger partial charge >= 0.3 is 0 Å². The summed E-state index contributed by atoms with van der Waals surface area (Å²) in [7, 11) is 0. The van der Waals surface area contributed by atoms with Gasteiger partial charge in [-0.25, -0.2) is 0 Å². The molecule has 0 aliphatic heterocycles. The molecule has 3 saturated carbocycles. The predicted molar refractivity (Wildman–Crippen MR) is 108 cm³/mol. The van der Waals surface area contributed by atoms with Gasteiger partial charge in [-0.3, -0.25) is 9.59 Å². The number of ether oxygens (including phenoxy) is 1. The summed E-state index contributed by atoms with van der Waals surface area (Å²) in [5.74, 6) is 0.601. The first-order valence-corrected chi connectivity index (χ1v) is 10.9. The molecule has 4 aliphatic carbocycles. The van der Waals surface area contributed by atoms with Crippen LogP contribution in [-0.2, 0) is 19.1 Å². The van der Waals surface area contributed by atoms with Crippen molar-refractivity contribution in [1.29, 1.82) is 0 Å². The average molecular weight is 401 g/mol. The molecule has 0 saturated heterocycles. The van der Waals surface area contributed by atoms with Crippen molar-refractivity contribution in [1.82, 2.24) is 0 Å².